The lowest BCUT2D eigenvalue weighted by molar-refractivity contribution is 0.0597. The number of hydrogen-bond acceptors (Lipinski definition) is 3. The van der Waals surface area contributed by atoms with Crippen LogP contribution in [0.3, 0.4) is 0 Å². The van der Waals surface area contributed by atoms with Gasteiger partial charge in [0.15, 0.2) is 0 Å². The van der Waals surface area contributed by atoms with E-state index in [0.29, 0.717) is 11.3 Å². The second-order valence-electron chi connectivity index (χ2n) is 3.35. The molecule has 0 aliphatic carbocycles. The van der Waals surface area contributed by atoms with Crippen molar-refractivity contribution in [3.63, 3.8) is 0 Å². The zero-order chi connectivity index (χ0) is 12.6. The zero-order valence-electron chi connectivity index (χ0n) is 10.7. The van der Waals surface area contributed by atoms with Crippen LogP contribution in [-0.2, 0) is 4.74 Å². The molecule has 0 unspecified atom stereocenters. The third-order valence-corrected chi connectivity index (χ3v) is 1.82. The van der Waals surface area contributed by atoms with Crippen LogP contribution in [0.1, 0.15) is 36.2 Å². The van der Waals surface area contributed by atoms with E-state index < -0.39 is 0 Å². The van der Waals surface area contributed by atoms with Crippen molar-refractivity contribution in [2.75, 3.05) is 14.2 Å². The number of esters is 1. The molecule has 0 aromatic heterocycles. The van der Waals surface area contributed by atoms with Crippen LogP contribution < -0.4 is 4.74 Å². The van der Waals surface area contributed by atoms with Gasteiger partial charge in [-0.15, -0.1) is 0 Å². The molecule has 0 saturated heterocycles. The maximum absolute atomic E-state index is 11.2. The van der Waals surface area contributed by atoms with Gasteiger partial charge in [-0.2, -0.15) is 0 Å². The molecule has 0 saturated carbocycles. The van der Waals surface area contributed by atoms with E-state index in [1.54, 1.807) is 12.1 Å². The molecule has 0 fully saturated rings. The highest BCUT2D eigenvalue weighted by atomic mass is 16.5. The number of rotatable bonds is 2. The van der Waals surface area contributed by atoms with E-state index in [2.05, 4.69) is 18.6 Å². The highest BCUT2D eigenvalue weighted by Crippen LogP contribution is 2.23. The summed E-state index contributed by atoms with van der Waals surface area (Å²) in [6.45, 7) is 6.13. The van der Waals surface area contributed by atoms with Crippen LogP contribution in [0.4, 0.5) is 0 Å². The number of methoxy groups -OCH3 is 2. The van der Waals surface area contributed by atoms with Crippen LogP contribution in [0.5, 0.6) is 5.75 Å². The minimum absolute atomic E-state index is 0.374. The Labute approximate surface area is 97.4 Å². The van der Waals surface area contributed by atoms with E-state index in [4.69, 9.17) is 4.74 Å². The maximum atomic E-state index is 11.2. The van der Waals surface area contributed by atoms with Crippen molar-refractivity contribution in [2.45, 2.75) is 27.2 Å². The Morgan fingerprint density at radius 3 is 2.25 bits per heavy atom. The average Bonchev–Trinajstić information content (AvgIpc) is 2.28. The molecule has 1 rings (SSSR count). The van der Waals surface area contributed by atoms with Crippen LogP contribution in [0.25, 0.3) is 0 Å². The first-order chi connectivity index (χ1) is 7.62. The summed E-state index contributed by atoms with van der Waals surface area (Å²) in [5.41, 5.74) is 1.38. The van der Waals surface area contributed by atoms with E-state index in [1.807, 2.05) is 13.0 Å². The van der Waals surface area contributed by atoms with Gasteiger partial charge in [-0.1, -0.05) is 32.4 Å². The van der Waals surface area contributed by atoms with Gasteiger partial charge >= 0.3 is 5.97 Å². The van der Waals surface area contributed by atoms with Gasteiger partial charge in [-0.25, -0.2) is 4.79 Å². The number of carbonyl (C=O) groups excluding carboxylic acids is 1. The minimum atomic E-state index is -0.374. The second kappa shape index (κ2) is 7.74. The fraction of sp³-hybridized carbons (Fsp3) is 0.462. The quantitative estimate of drug-likeness (QED) is 0.724. The molecule has 3 nitrogen and oxygen atoms in total. The van der Waals surface area contributed by atoms with Crippen molar-refractivity contribution in [2.24, 2.45) is 0 Å². The molecule has 0 spiro atoms. The molecule has 3 heteroatoms. The van der Waals surface area contributed by atoms with E-state index in [0.717, 1.165) is 5.56 Å². The number of benzene rings is 1. The average molecular weight is 224 g/mol. The first-order valence-corrected chi connectivity index (χ1v) is 5.34. The molecule has 0 bridgehead atoms. The van der Waals surface area contributed by atoms with Crippen molar-refractivity contribution in [3.8, 4) is 5.75 Å². The minimum Gasteiger partial charge on any atom is -0.496 e. The lowest BCUT2D eigenvalue weighted by atomic mass is 10.1. The zero-order valence-corrected chi connectivity index (χ0v) is 10.7. The highest BCUT2D eigenvalue weighted by molar-refractivity contribution is 5.92. The molecule has 1 aromatic carbocycles. The monoisotopic (exact) mass is 224 g/mol. The van der Waals surface area contributed by atoms with E-state index >= 15 is 0 Å². The maximum Gasteiger partial charge on any atom is 0.341 e. The number of carbonyl (C=O) groups is 1. The van der Waals surface area contributed by atoms with Crippen LogP contribution in [0.2, 0.25) is 0 Å². The van der Waals surface area contributed by atoms with Crippen molar-refractivity contribution in [3.05, 3.63) is 29.3 Å². The van der Waals surface area contributed by atoms with Crippen molar-refractivity contribution >= 4 is 5.97 Å². The Balaban J connectivity index is 0.000000673. The normalized spacial score (nSPS) is 8.81. The fourth-order valence-corrected chi connectivity index (χ4v) is 1.19. The van der Waals surface area contributed by atoms with Gasteiger partial charge in [0.25, 0.3) is 0 Å². The Kier molecular flexibility index (Phi) is 7.01. The van der Waals surface area contributed by atoms with Crippen LogP contribution >= 0.6 is 0 Å². The predicted molar refractivity (Wildman–Crippen MR) is 65.0 cm³/mol. The second-order valence-corrected chi connectivity index (χ2v) is 3.35. The van der Waals surface area contributed by atoms with Crippen LogP contribution in [-0.4, -0.2) is 20.2 Å². The molecule has 16 heavy (non-hydrogen) atoms. The molecule has 0 aliphatic heterocycles. The SMILES string of the molecule is CCC.COC(=O)c1cccc(C)c1OC. The summed E-state index contributed by atoms with van der Waals surface area (Å²) < 4.78 is 9.71. The molecule has 0 N–H and O–H groups in total. The Morgan fingerprint density at radius 2 is 1.81 bits per heavy atom. The van der Waals surface area contributed by atoms with E-state index in [9.17, 15) is 4.79 Å². The summed E-state index contributed by atoms with van der Waals surface area (Å²) in [7, 11) is 2.89. The third-order valence-electron chi connectivity index (χ3n) is 1.82. The molecule has 90 valence electrons. The lowest BCUT2D eigenvalue weighted by Crippen LogP contribution is -2.04. The topological polar surface area (TPSA) is 35.5 Å². The number of aryl methyl sites for hydroxylation is 1. The van der Waals surface area contributed by atoms with Gasteiger partial charge < -0.3 is 9.47 Å². The third kappa shape index (κ3) is 3.93. The molecule has 0 aliphatic rings. The van der Waals surface area contributed by atoms with Crippen LogP contribution in [0.15, 0.2) is 18.2 Å². The molecule has 0 atom stereocenters. The predicted octanol–water partition coefficient (Wildman–Crippen LogP) is 3.21. The van der Waals surface area contributed by atoms with Crippen molar-refractivity contribution in [1.29, 1.82) is 0 Å². The molecule has 0 amide bonds. The molecule has 0 heterocycles. The first kappa shape index (κ1) is 14.5. The summed E-state index contributed by atoms with van der Waals surface area (Å²) in [4.78, 5) is 11.2. The van der Waals surface area contributed by atoms with Gasteiger partial charge in [0.2, 0.25) is 0 Å². The number of para-hydroxylation sites is 1. The Bertz CT molecular complexity index is 332. The van der Waals surface area contributed by atoms with Gasteiger partial charge in [0.1, 0.15) is 11.3 Å². The summed E-state index contributed by atoms with van der Waals surface area (Å²) in [5.74, 6) is 0.204. The molecular weight excluding hydrogens is 204 g/mol. The van der Waals surface area contributed by atoms with E-state index in [-0.39, 0.29) is 5.97 Å². The summed E-state index contributed by atoms with van der Waals surface area (Å²) in [5, 5.41) is 0. The van der Waals surface area contributed by atoms with E-state index in [1.165, 1.54) is 20.6 Å². The summed E-state index contributed by atoms with van der Waals surface area (Å²) in [6, 6.07) is 5.35. The molecule has 0 radical (unpaired) electrons. The van der Waals surface area contributed by atoms with Crippen molar-refractivity contribution < 1.29 is 14.3 Å². The fourth-order valence-electron chi connectivity index (χ4n) is 1.19. The molecule has 1 aromatic rings. The van der Waals surface area contributed by atoms with Crippen LogP contribution in [0, 0.1) is 6.92 Å². The van der Waals surface area contributed by atoms with Crippen molar-refractivity contribution in [1.82, 2.24) is 0 Å². The van der Waals surface area contributed by atoms with Gasteiger partial charge in [0.05, 0.1) is 14.2 Å². The number of hydrogen-bond donors (Lipinski definition) is 0. The molecular formula is C13H20O3. The standard InChI is InChI=1S/C10H12O3.C3H8/c1-7-5-4-6-8(9(7)12-2)10(11)13-3;1-3-2/h4-6H,1-3H3;3H2,1-2H3. The van der Waals surface area contributed by atoms with Gasteiger partial charge in [-0.3, -0.25) is 0 Å². The highest BCUT2D eigenvalue weighted by Gasteiger charge is 2.13. The summed E-state index contributed by atoms with van der Waals surface area (Å²) in [6.07, 6.45) is 1.25. The van der Waals surface area contributed by atoms with Gasteiger partial charge in [0, 0.05) is 0 Å². The first-order valence-electron chi connectivity index (χ1n) is 5.34. The Hall–Kier alpha value is -1.51. The lowest BCUT2D eigenvalue weighted by Gasteiger charge is -2.08. The summed E-state index contributed by atoms with van der Waals surface area (Å²) >= 11 is 0. The van der Waals surface area contributed by atoms with Gasteiger partial charge in [-0.05, 0) is 18.6 Å². The Morgan fingerprint density at radius 1 is 1.25 bits per heavy atom. The smallest absolute Gasteiger partial charge is 0.341 e. The largest absolute Gasteiger partial charge is 0.496 e. The number of ether oxygens (including phenoxy) is 2.